The minimum Gasteiger partial charge on any atom is -0.507 e. The third-order valence-corrected chi connectivity index (χ3v) is 2.49. The molecule has 0 saturated heterocycles. The lowest BCUT2D eigenvalue weighted by Crippen LogP contribution is -2.37. The fourth-order valence-corrected chi connectivity index (χ4v) is 1.58. The quantitative estimate of drug-likeness (QED) is 0.671. The topological polar surface area (TPSA) is 96.0 Å². The summed E-state index contributed by atoms with van der Waals surface area (Å²) < 4.78 is 4.91. The molecule has 0 aliphatic heterocycles. The Bertz CT molecular complexity index is 389. The van der Waals surface area contributed by atoms with E-state index < -0.39 is 5.91 Å². The highest BCUT2D eigenvalue weighted by atomic mass is 16.5. The van der Waals surface area contributed by atoms with Gasteiger partial charge in [0.05, 0.1) is 6.61 Å². The van der Waals surface area contributed by atoms with Crippen LogP contribution in [0, 0.1) is 0 Å². The molecule has 1 aromatic rings. The van der Waals surface area contributed by atoms with Crippen LogP contribution in [-0.2, 0) is 4.74 Å². The van der Waals surface area contributed by atoms with Crippen molar-refractivity contribution in [2.24, 2.45) is 5.73 Å². The lowest BCUT2D eigenvalue weighted by molar-refractivity contribution is 0.0695. The van der Waals surface area contributed by atoms with Crippen molar-refractivity contribution in [1.29, 1.82) is 0 Å². The Balaban J connectivity index is 2.94. The summed E-state index contributed by atoms with van der Waals surface area (Å²) in [4.78, 5) is 13.6. The van der Waals surface area contributed by atoms with E-state index in [1.165, 1.54) is 30.2 Å². The zero-order valence-electron chi connectivity index (χ0n) is 10.3. The number of benzene rings is 1. The Kier molecular flexibility index (Phi) is 5.41. The first-order valence-corrected chi connectivity index (χ1v) is 5.61. The first-order valence-electron chi connectivity index (χ1n) is 5.61. The Morgan fingerprint density at radius 1 is 1.33 bits per heavy atom. The highest BCUT2D eigenvalue weighted by molar-refractivity contribution is 5.99. The average Bonchev–Trinajstić information content (AvgIpc) is 2.34. The fourth-order valence-electron chi connectivity index (χ4n) is 1.58. The van der Waals surface area contributed by atoms with Gasteiger partial charge in [0, 0.05) is 26.7 Å². The molecule has 4 N–H and O–H groups in total. The average molecular weight is 254 g/mol. The Morgan fingerprint density at radius 2 is 1.94 bits per heavy atom. The van der Waals surface area contributed by atoms with Gasteiger partial charge in [-0.2, -0.15) is 0 Å². The molecular weight excluding hydrogens is 236 g/mol. The molecule has 6 heteroatoms. The van der Waals surface area contributed by atoms with Crippen molar-refractivity contribution in [2.75, 3.05) is 33.4 Å². The lowest BCUT2D eigenvalue weighted by atomic mass is 10.1. The number of hydrogen-bond donors (Lipinski definition) is 3. The number of carbonyl (C=O) groups is 1. The maximum absolute atomic E-state index is 12.2. The van der Waals surface area contributed by atoms with E-state index in [0.717, 1.165) is 0 Å². The summed E-state index contributed by atoms with van der Waals surface area (Å²) in [6, 6.07) is 4.16. The molecule has 18 heavy (non-hydrogen) atoms. The second-order valence-corrected chi connectivity index (χ2v) is 3.74. The molecule has 0 aromatic heterocycles. The van der Waals surface area contributed by atoms with Crippen LogP contribution in [0.3, 0.4) is 0 Å². The molecule has 100 valence electrons. The molecule has 0 bridgehead atoms. The van der Waals surface area contributed by atoms with Gasteiger partial charge >= 0.3 is 0 Å². The number of nitrogens with zero attached hydrogens (tertiary/aromatic N) is 1. The van der Waals surface area contributed by atoms with E-state index in [1.54, 1.807) is 0 Å². The van der Waals surface area contributed by atoms with Gasteiger partial charge in [-0.05, 0) is 12.1 Å². The van der Waals surface area contributed by atoms with Gasteiger partial charge in [0.25, 0.3) is 5.91 Å². The van der Waals surface area contributed by atoms with Crippen molar-refractivity contribution in [3.8, 4) is 11.5 Å². The van der Waals surface area contributed by atoms with Gasteiger partial charge in [0.15, 0.2) is 0 Å². The molecule has 0 spiro atoms. The second kappa shape index (κ2) is 6.83. The zero-order chi connectivity index (χ0) is 13.5. The summed E-state index contributed by atoms with van der Waals surface area (Å²) in [6.45, 7) is 1.33. The van der Waals surface area contributed by atoms with Gasteiger partial charge in [-0.15, -0.1) is 0 Å². The molecular formula is C12H18N2O4. The van der Waals surface area contributed by atoms with Gasteiger partial charge in [-0.1, -0.05) is 6.07 Å². The third kappa shape index (κ3) is 3.35. The first kappa shape index (κ1) is 14.3. The van der Waals surface area contributed by atoms with E-state index in [1.807, 2.05) is 0 Å². The number of amides is 1. The number of carbonyl (C=O) groups excluding carboxylic acids is 1. The molecule has 0 radical (unpaired) electrons. The van der Waals surface area contributed by atoms with E-state index in [0.29, 0.717) is 26.2 Å². The van der Waals surface area contributed by atoms with Crippen molar-refractivity contribution < 1.29 is 19.7 Å². The van der Waals surface area contributed by atoms with Crippen molar-refractivity contribution in [3.63, 3.8) is 0 Å². The number of rotatable bonds is 6. The zero-order valence-corrected chi connectivity index (χ0v) is 10.3. The Hall–Kier alpha value is -1.79. The van der Waals surface area contributed by atoms with Crippen LogP contribution in [0.15, 0.2) is 18.2 Å². The summed E-state index contributed by atoms with van der Waals surface area (Å²) in [6.07, 6.45) is 0. The maximum Gasteiger partial charge on any atom is 0.261 e. The van der Waals surface area contributed by atoms with Gasteiger partial charge in [0.1, 0.15) is 17.1 Å². The number of nitrogens with two attached hydrogens (primary N) is 1. The normalized spacial score (nSPS) is 10.3. The number of aromatic hydroxyl groups is 2. The van der Waals surface area contributed by atoms with Crippen LogP contribution in [0.4, 0.5) is 0 Å². The van der Waals surface area contributed by atoms with Crippen LogP contribution in [0.25, 0.3) is 0 Å². The van der Waals surface area contributed by atoms with E-state index in [-0.39, 0.29) is 17.1 Å². The summed E-state index contributed by atoms with van der Waals surface area (Å²) >= 11 is 0. The summed E-state index contributed by atoms with van der Waals surface area (Å²) in [5.41, 5.74) is 5.32. The number of ether oxygens (including phenoxy) is 1. The molecule has 0 unspecified atom stereocenters. The second-order valence-electron chi connectivity index (χ2n) is 3.74. The third-order valence-electron chi connectivity index (χ3n) is 2.49. The summed E-state index contributed by atoms with van der Waals surface area (Å²) in [5.74, 6) is -0.966. The summed E-state index contributed by atoms with van der Waals surface area (Å²) in [7, 11) is 1.53. The maximum atomic E-state index is 12.2. The van der Waals surface area contributed by atoms with Crippen LogP contribution in [0.1, 0.15) is 10.4 Å². The minimum absolute atomic E-state index is 0.109. The molecule has 1 rings (SSSR count). The van der Waals surface area contributed by atoms with Crippen LogP contribution in [-0.4, -0.2) is 54.4 Å². The van der Waals surface area contributed by atoms with Gasteiger partial charge in [-0.25, -0.2) is 0 Å². The van der Waals surface area contributed by atoms with Gasteiger partial charge in [0.2, 0.25) is 0 Å². The molecule has 0 heterocycles. The van der Waals surface area contributed by atoms with Crippen molar-refractivity contribution in [1.82, 2.24) is 4.90 Å². The van der Waals surface area contributed by atoms with Crippen LogP contribution in [0.5, 0.6) is 11.5 Å². The van der Waals surface area contributed by atoms with E-state index >= 15 is 0 Å². The molecule has 0 fully saturated rings. The van der Waals surface area contributed by atoms with Crippen LogP contribution < -0.4 is 5.73 Å². The molecule has 6 nitrogen and oxygen atoms in total. The standard InChI is InChI=1S/C12H18N2O4/c1-18-8-7-14(6-5-13)12(17)11-9(15)3-2-4-10(11)16/h2-4,15-16H,5-8,13H2,1H3. The first-order chi connectivity index (χ1) is 8.61. The Labute approximate surface area is 106 Å². The van der Waals surface area contributed by atoms with E-state index in [4.69, 9.17) is 10.5 Å². The lowest BCUT2D eigenvalue weighted by Gasteiger charge is -2.22. The monoisotopic (exact) mass is 254 g/mol. The van der Waals surface area contributed by atoms with E-state index in [2.05, 4.69) is 0 Å². The predicted octanol–water partition coefficient (Wildman–Crippen LogP) is 0.145. The van der Waals surface area contributed by atoms with Crippen molar-refractivity contribution in [3.05, 3.63) is 23.8 Å². The van der Waals surface area contributed by atoms with Gasteiger partial charge < -0.3 is 25.6 Å². The molecule has 0 aliphatic carbocycles. The Morgan fingerprint density at radius 3 is 2.44 bits per heavy atom. The number of hydrogen-bond acceptors (Lipinski definition) is 5. The highest BCUT2D eigenvalue weighted by Crippen LogP contribution is 2.27. The van der Waals surface area contributed by atoms with Crippen molar-refractivity contribution in [2.45, 2.75) is 0 Å². The molecule has 0 atom stereocenters. The summed E-state index contributed by atoms with van der Waals surface area (Å²) in [5, 5.41) is 19.3. The largest absolute Gasteiger partial charge is 0.507 e. The van der Waals surface area contributed by atoms with Gasteiger partial charge in [-0.3, -0.25) is 4.79 Å². The highest BCUT2D eigenvalue weighted by Gasteiger charge is 2.21. The molecule has 1 amide bonds. The fraction of sp³-hybridized carbons (Fsp3) is 0.417. The number of methoxy groups -OCH3 is 1. The number of phenols is 2. The predicted molar refractivity (Wildman–Crippen MR) is 66.6 cm³/mol. The SMILES string of the molecule is COCCN(CCN)C(=O)c1c(O)cccc1O. The smallest absolute Gasteiger partial charge is 0.261 e. The molecule has 0 saturated carbocycles. The molecule has 0 aliphatic rings. The van der Waals surface area contributed by atoms with Crippen LogP contribution >= 0.6 is 0 Å². The van der Waals surface area contributed by atoms with Crippen LogP contribution in [0.2, 0.25) is 0 Å². The van der Waals surface area contributed by atoms with Crippen molar-refractivity contribution >= 4 is 5.91 Å². The number of phenolic OH excluding ortho intramolecular Hbond substituents is 2. The minimum atomic E-state index is -0.465. The molecule has 1 aromatic carbocycles. The van der Waals surface area contributed by atoms with E-state index in [9.17, 15) is 15.0 Å².